The van der Waals surface area contributed by atoms with E-state index >= 15 is 0 Å². The van der Waals surface area contributed by atoms with Gasteiger partial charge in [-0.3, -0.25) is 14.3 Å². The minimum absolute atomic E-state index is 0.0329. The molecule has 5 aromatic rings. The van der Waals surface area contributed by atoms with Crippen molar-refractivity contribution >= 4 is 46.0 Å². The second kappa shape index (κ2) is 10.0. The Kier molecular flexibility index (Phi) is 6.46. The smallest absolute Gasteiger partial charge is 0.303 e. The van der Waals surface area contributed by atoms with Gasteiger partial charge in [0.15, 0.2) is 5.82 Å². The molecule has 2 aromatic heterocycles. The number of nitrogen functional groups attached to an aromatic ring is 1. The summed E-state index contributed by atoms with van der Waals surface area (Å²) in [5.41, 5.74) is 11.1. The van der Waals surface area contributed by atoms with Crippen LogP contribution < -0.4 is 11.1 Å². The van der Waals surface area contributed by atoms with Crippen molar-refractivity contribution in [1.29, 1.82) is 0 Å². The highest BCUT2D eigenvalue weighted by molar-refractivity contribution is 6.31. The Morgan fingerprint density at radius 2 is 1.76 bits per heavy atom. The lowest BCUT2D eigenvalue weighted by Gasteiger charge is -2.23. The number of nitrogens with one attached hydrogen (secondary N) is 1. The number of carbonyl (C=O) groups is 2. The molecule has 1 amide bonds. The first-order valence-electron chi connectivity index (χ1n) is 13.2. The number of anilines is 2. The summed E-state index contributed by atoms with van der Waals surface area (Å²) in [6.45, 7) is 4.35. The van der Waals surface area contributed by atoms with E-state index in [4.69, 9.17) is 32.5 Å². The maximum atomic E-state index is 13.4. The standard InChI is InChI=1S/C31H27ClN6O3/c1-17-3-5-19(6-4-17)16-38-23-15-21(32)12-13-22(23)26(37-38)29-34-27(33)25-28(35-29)36-30(41)31(25,2)20-10-7-18(8-11-20)9-14-24(39)40/h3-8,10-13,15H,9,14,16H2,1-2H3,(H,39,40)(H3,33,34,35,36,41)/t31-/m1/s1. The van der Waals surface area contributed by atoms with Crippen LogP contribution >= 0.6 is 11.6 Å². The molecule has 9 nitrogen and oxygen atoms in total. The molecule has 0 saturated carbocycles. The molecule has 0 spiro atoms. The molecule has 0 fully saturated rings. The number of fused-ring (bicyclic) bond motifs is 2. The zero-order valence-electron chi connectivity index (χ0n) is 22.5. The third kappa shape index (κ3) is 4.68. The Hall–Kier alpha value is -4.76. The monoisotopic (exact) mass is 566 g/mol. The number of hydrogen-bond acceptors (Lipinski definition) is 6. The van der Waals surface area contributed by atoms with Crippen molar-refractivity contribution in [2.45, 2.75) is 38.6 Å². The number of carbonyl (C=O) groups excluding carboxylic acids is 1. The first-order chi connectivity index (χ1) is 19.6. The number of nitrogens with two attached hydrogens (primary N) is 1. The van der Waals surface area contributed by atoms with Gasteiger partial charge in [-0.2, -0.15) is 5.10 Å². The highest BCUT2D eigenvalue weighted by Gasteiger charge is 2.47. The number of halogens is 1. The lowest BCUT2D eigenvalue weighted by atomic mass is 9.77. The quantitative estimate of drug-likeness (QED) is 0.241. The van der Waals surface area contributed by atoms with Gasteiger partial charge in [0.05, 0.1) is 17.6 Å². The fourth-order valence-corrected chi connectivity index (χ4v) is 5.51. The first-order valence-corrected chi connectivity index (χ1v) is 13.5. The van der Waals surface area contributed by atoms with E-state index in [0.717, 1.165) is 22.0 Å². The average molecular weight is 567 g/mol. The molecule has 4 N–H and O–H groups in total. The van der Waals surface area contributed by atoms with Gasteiger partial charge in [-0.1, -0.05) is 65.7 Å². The van der Waals surface area contributed by atoms with Crippen LogP contribution in [-0.2, 0) is 28.0 Å². The molecule has 0 saturated heterocycles. The summed E-state index contributed by atoms with van der Waals surface area (Å²) < 4.78 is 1.86. The molecule has 3 heterocycles. The molecule has 3 aromatic carbocycles. The number of rotatable bonds is 7. The van der Waals surface area contributed by atoms with E-state index in [1.165, 1.54) is 5.56 Å². The molecule has 0 unspecified atom stereocenters. The second-order valence-corrected chi connectivity index (χ2v) is 10.9. The minimum atomic E-state index is -1.12. The number of nitrogens with zero attached hydrogens (tertiary/aromatic N) is 4. The van der Waals surface area contributed by atoms with Crippen LogP contribution in [0.15, 0.2) is 66.7 Å². The van der Waals surface area contributed by atoms with Crippen LogP contribution in [0.1, 0.15) is 41.2 Å². The van der Waals surface area contributed by atoms with Crippen LogP contribution in [0.2, 0.25) is 5.02 Å². The zero-order valence-corrected chi connectivity index (χ0v) is 23.2. The van der Waals surface area contributed by atoms with Crippen LogP contribution in [0.5, 0.6) is 0 Å². The Labute approximate surface area is 241 Å². The maximum absolute atomic E-state index is 13.4. The van der Waals surface area contributed by atoms with Gasteiger partial charge in [-0.15, -0.1) is 0 Å². The van der Waals surface area contributed by atoms with Gasteiger partial charge in [0.1, 0.15) is 22.7 Å². The van der Waals surface area contributed by atoms with Crippen molar-refractivity contribution in [3.05, 3.63) is 99.6 Å². The van der Waals surface area contributed by atoms with Crippen molar-refractivity contribution in [1.82, 2.24) is 19.7 Å². The molecule has 0 bridgehead atoms. The van der Waals surface area contributed by atoms with Crippen molar-refractivity contribution < 1.29 is 14.7 Å². The number of carboxylic acids is 1. The fraction of sp³-hybridized carbons (Fsp3) is 0.194. The van der Waals surface area contributed by atoms with E-state index in [-0.39, 0.29) is 18.1 Å². The summed E-state index contributed by atoms with van der Waals surface area (Å²) in [4.78, 5) is 33.7. The van der Waals surface area contributed by atoms with Crippen LogP contribution in [-0.4, -0.2) is 36.7 Å². The van der Waals surface area contributed by atoms with Gasteiger partial charge in [-0.25, -0.2) is 9.97 Å². The number of amides is 1. The average Bonchev–Trinajstić information content (AvgIpc) is 3.43. The molecule has 0 aliphatic carbocycles. The van der Waals surface area contributed by atoms with E-state index < -0.39 is 11.4 Å². The predicted molar refractivity (Wildman–Crippen MR) is 158 cm³/mol. The second-order valence-electron chi connectivity index (χ2n) is 10.5. The van der Waals surface area contributed by atoms with Gasteiger partial charge < -0.3 is 16.2 Å². The highest BCUT2D eigenvalue weighted by Crippen LogP contribution is 2.45. The summed E-state index contributed by atoms with van der Waals surface area (Å²) >= 11 is 6.35. The summed E-state index contributed by atoms with van der Waals surface area (Å²) in [5, 5.41) is 18.1. The van der Waals surface area contributed by atoms with Crippen LogP contribution in [0.4, 0.5) is 11.6 Å². The van der Waals surface area contributed by atoms with E-state index in [1.807, 2.05) is 48.0 Å². The van der Waals surface area contributed by atoms with E-state index in [2.05, 4.69) is 34.6 Å². The fourth-order valence-electron chi connectivity index (χ4n) is 5.34. The Morgan fingerprint density at radius 3 is 2.46 bits per heavy atom. The Balaban J connectivity index is 1.40. The maximum Gasteiger partial charge on any atom is 0.303 e. The lowest BCUT2D eigenvalue weighted by molar-refractivity contribution is -0.137. The molecule has 206 valence electrons. The normalized spacial score (nSPS) is 16.1. The van der Waals surface area contributed by atoms with Crippen LogP contribution in [0.3, 0.4) is 0 Å². The Bertz CT molecular complexity index is 1830. The van der Waals surface area contributed by atoms with Gasteiger partial charge in [0.2, 0.25) is 5.91 Å². The molecule has 6 rings (SSSR count). The molecular formula is C31H27ClN6O3. The summed E-state index contributed by atoms with van der Waals surface area (Å²) in [6.07, 6.45) is 0.435. The Morgan fingerprint density at radius 1 is 1.05 bits per heavy atom. The molecule has 41 heavy (non-hydrogen) atoms. The number of carboxylic acid groups (broad SMARTS) is 1. The molecule has 10 heteroatoms. The summed E-state index contributed by atoms with van der Waals surface area (Å²) in [7, 11) is 0. The number of benzene rings is 3. The van der Waals surface area contributed by atoms with E-state index in [1.54, 1.807) is 13.0 Å². The summed E-state index contributed by atoms with van der Waals surface area (Å²) in [5.74, 6) is -0.321. The van der Waals surface area contributed by atoms with Crippen LogP contribution in [0, 0.1) is 6.92 Å². The van der Waals surface area contributed by atoms with Crippen molar-refractivity contribution in [3.8, 4) is 11.5 Å². The lowest BCUT2D eigenvalue weighted by Crippen LogP contribution is -2.33. The van der Waals surface area contributed by atoms with Crippen molar-refractivity contribution in [2.24, 2.45) is 0 Å². The first kappa shape index (κ1) is 26.5. The minimum Gasteiger partial charge on any atom is -0.481 e. The highest BCUT2D eigenvalue weighted by atomic mass is 35.5. The van der Waals surface area contributed by atoms with Crippen molar-refractivity contribution in [3.63, 3.8) is 0 Å². The molecule has 1 aliphatic heterocycles. The van der Waals surface area contributed by atoms with E-state index in [0.29, 0.717) is 46.5 Å². The third-order valence-electron chi connectivity index (χ3n) is 7.66. The SMILES string of the molecule is Cc1ccc(Cn2nc(-c3nc(N)c4c(n3)NC(=O)[C@]4(C)c3ccc(CCC(=O)O)cc3)c3ccc(Cl)cc32)cc1. The number of aliphatic carboxylic acids is 1. The molecule has 0 radical (unpaired) electrons. The number of aromatic nitrogens is 4. The third-order valence-corrected chi connectivity index (χ3v) is 7.90. The van der Waals surface area contributed by atoms with Gasteiger partial charge in [-0.05, 0) is 55.2 Å². The van der Waals surface area contributed by atoms with Crippen molar-refractivity contribution in [2.75, 3.05) is 11.1 Å². The van der Waals surface area contributed by atoms with E-state index in [9.17, 15) is 9.59 Å². The van der Waals surface area contributed by atoms with Gasteiger partial charge >= 0.3 is 5.97 Å². The van der Waals surface area contributed by atoms with Gasteiger partial charge in [0.25, 0.3) is 0 Å². The molecule has 1 aliphatic rings. The number of aryl methyl sites for hydroxylation is 2. The zero-order chi connectivity index (χ0) is 28.9. The largest absolute Gasteiger partial charge is 0.481 e. The predicted octanol–water partition coefficient (Wildman–Crippen LogP) is 5.36. The van der Waals surface area contributed by atoms with Crippen LogP contribution in [0.25, 0.3) is 22.4 Å². The molecule has 1 atom stereocenters. The van der Waals surface area contributed by atoms with Gasteiger partial charge in [0, 0.05) is 16.8 Å². The summed E-state index contributed by atoms with van der Waals surface area (Å²) in [6, 6.07) is 21.1. The number of hydrogen-bond donors (Lipinski definition) is 3. The molecular weight excluding hydrogens is 540 g/mol. The topological polar surface area (TPSA) is 136 Å².